The van der Waals surface area contributed by atoms with Crippen LogP contribution >= 0.6 is 11.9 Å². The highest BCUT2D eigenvalue weighted by Crippen LogP contribution is 2.22. The summed E-state index contributed by atoms with van der Waals surface area (Å²) < 4.78 is 14.8. The number of nitriles is 1. The number of hydrogen-bond acceptors (Lipinski definition) is 5. The molecule has 0 fully saturated rings. The predicted octanol–water partition coefficient (Wildman–Crippen LogP) is 2.84. The van der Waals surface area contributed by atoms with Crippen LogP contribution in [0.2, 0.25) is 0 Å². The summed E-state index contributed by atoms with van der Waals surface area (Å²) in [4.78, 5) is 4.91. The van der Waals surface area contributed by atoms with Crippen molar-refractivity contribution in [2.24, 2.45) is 0 Å². The zero-order chi connectivity index (χ0) is 15.7. The zero-order valence-corrected chi connectivity index (χ0v) is 12.6. The quantitative estimate of drug-likeness (QED) is 0.880. The monoisotopic (exact) mass is 305 g/mol. The van der Waals surface area contributed by atoms with Crippen LogP contribution in [0.25, 0.3) is 0 Å². The molecular formula is C15H16FN3OS. The summed E-state index contributed by atoms with van der Waals surface area (Å²) in [5.74, 6) is -0.232. The van der Waals surface area contributed by atoms with Gasteiger partial charge in [-0.05, 0) is 42.8 Å². The van der Waals surface area contributed by atoms with Gasteiger partial charge in [-0.3, -0.25) is 4.98 Å². The van der Waals surface area contributed by atoms with E-state index < -0.39 is 0 Å². The van der Waals surface area contributed by atoms with Gasteiger partial charge in [0, 0.05) is 30.9 Å². The molecule has 0 radical (unpaired) electrons. The number of halogens is 1. The molecule has 0 aliphatic carbocycles. The molecule has 0 bridgehead atoms. The van der Waals surface area contributed by atoms with Crippen LogP contribution in [-0.2, 0) is 6.54 Å². The lowest BCUT2D eigenvalue weighted by molar-refractivity contribution is 0.399. The Balaban J connectivity index is 0.00000106. The highest BCUT2D eigenvalue weighted by atomic mass is 32.2. The van der Waals surface area contributed by atoms with Gasteiger partial charge >= 0.3 is 0 Å². The second-order valence-electron chi connectivity index (χ2n) is 4.02. The molecule has 2 rings (SSSR count). The van der Waals surface area contributed by atoms with Gasteiger partial charge < -0.3 is 5.11 Å². The third kappa shape index (κ3) is 5.92. The molecule has 0 atom stereocenters. The van der Waals surface area contributed by atoms with Gasteiger partial charge in [-0.1, -0.05) is 12.1 Å². The summed E-state index contributed by atoms with van der Waals surface area (Å²) in [7, 11) is 2.94. The second-order valence-corrected chi connectivity index (χ2v) is 5.30. The van der Waals surface area contributed by atoms with Gasteiger partial charge in [0.05, 0.1) is 5.56 Å². The fourth-order valence-corrected chi connectivity index (χ4v) is 2.45. The zero-order valence-electron chi connectivity index (χ0n) is 11.8. The lowest BCUT2D eigenvalue weighted by atomic mass is 10.2. The van der Waals surface area contributed by atoms with E-state index in [2.05, 4.69) is 11.1 Å². The summed E-state index contributed by atoms with van der Waals surface area (Å²) in [5, 5.41) is 15.8. The average molecular weight is 305 g/mol. The van der Waals surface area contributed by atoms with Crippen LogP contribution in [-0.4, -0.2) is 28.6 Å². The third-order valence-corrected chi connectivity index (χ3v) is 3.30. The summed E-state index contributed by atoms with van der Waals surface area (Å²) in [6, 6.07) is 10.3. The van der Waals surface area contributed by atoms with E-state index in [1.165, 1.54) is 30.3 Å². The first-order valence-electron chi connectivity index (χ1n) is 6.11. The first-order chi connectivity index (χ1) is 10.2. The Bertz CT molecular complexity index is 599. The second kappa shape index (κ2) is 9.08. The van der Waals surface area contributed by atoms with E-state index in [0.29, 0.717) is 12.1 Å². The Morgan fingerprint density at radius 1 is 1.29 bits per heavy atom. The van der Waals surface area contributed by atoms with Crippen LogP contribution < -0.4 is 0 Å². The maximum Gasteiger partial charge on any atom is 0.123 e. The van der Waals surface area contributed by atoms with Gasteiger partial charge in [0.25, 0.3) is 0 Å². The van der Waals surface area contributed by atoms with E-state index in [1.54, 1.807) is 24.4 Å². The Kier molecular flexibility index (Phi) is 7.40. The highest BCUT2D eigenvalue weighted by molar-refractivity contribution is 7.97. The standard InChI is InChI=1S/C14H12FN3S.CH4O/c1-18(10-11-2-4-13(15)5-3-11)19-14-6-12(7-16)8-17-9-14;1-2/h2-6,8-9H,10H2,1H3;2H,1H3. The molecule has 0 amide bonds. The fourth-order valence-electron chi connectivity index (χ4n) is 1.59. The third-order valence-electron chi connectivity index (χ3n) is 2.42. The molecule has 1 aromatic heterocycles. The molecule has 0 aliphatic heterocycles. The van der Waals surface area contributed by atoms with Crippen LogP contribution in [0.1, 0.15) is 11.1 Å². The molecular weight excluding hydrogens is 289 g/mol. The van der Waals surface area contributed by atoms with Crippen molar-refractivity contribution in [3.8, 4) is 6.07 Å². The summed E-state index contributed by atoms with van der Waals surface area (Å²) in [6.07, 6.45) is 3.25. The molecule has 0 unspecified atom stereocenters. The number of aliphatic hydroxyl groups is 1. The van der Waals surface area contributed by atoms with E-state index in [4.69, 9.17) is 10.4 Å². The predicted molar refractivity (Wildman–Crippen MR) is 80.8 cm³/mol. The molecule has 1 N–H and O–H groups in total. The summed E-state index contributed by atoms with van der Waals surface area (Å²) >= 11 is 1.50. The van der Waals surface area contributed by atoms with Crippen LogP contribution in [0.15, 0.2) is 47.6 Å². The minimum Gasteiger partial charge on any atom is -0.400 e. The van der Waals surface area contributed by atoms with Crippen LogP contribution in [0.3, 0.4) is 0 Å². The van der Waals surface area contributed by atoms with E-state index in [-0.39, 0.29) is 5.82 Å². The van der Waals surface area contributed by atoms with Gasteiger partial charge in [-0.25, -0.2) is 8.70 Å². The lowest BCUT2D eigenvalue weighted by Crippen LogP contribution is -2.08. The van der Waals surface area contributed by atoms with Crippen molar-refractivity contribution in [1.29, 1.82) is 5.26 Å². The number of pyridine rings is 1. The number of benzene rings is 1. The molecule has 1 heterocycles. The molecule has 6 heteroatoms. The number of hydrogen-bond donors (Lipinski definition) is 1. The average Bonchev–Trinajstić information content (AvgIpc) is 2.52. The van der Waals surface area contributed by atoms with Gasteiger partial charge in [0.1, 0.15) is 11.9 Å². The molecule has 1 aromatic carbocycles. The molecule has 110 valence electrons. The molecule has 0 spiro atoms. The van der Waals surface area contributed by atoms with Crippen molar-refractivity contribution in [3.05, 3.63) is 59.7 Å². The molecule has 2 aromatic rings. The largest absolute Gasteiger partial charge is 0.400 e. The minimum atomic E-state index is -0.232. The van der Waals surface area contributed by atoms with Crippen LogP contribution in [0, 0.1) is 17.1 Å². The highest BCUT2D eigenvalue weighted by Gasteiger charge is 2.04. The topological polar surface area (TPSA) is 60.2 Å². The number of aliphatic hydroxyl groups excluding tert-OH is 1. The number of nitrogens with zero attached hydrogens (tertiary/aromatic N) is 3. The van der Waals surface area contributed by atoms with Crippen molar-refractivity contribution in [3.63, 3.8) is 0 Å². The maximum absolute atomic E-state index is 12.8. The SMILES string of the molecule is CN(Cc1ccc(F)cc1)Sc1cncc(C#N)c1.CO. The number of aromatic nitrogens is 1. The summed E-state index contributed by atoms with van der Waals surface area (Å²) in [6.45, 7) is 0.682. The Morgan fingerprint density at radius 2 is 1.95 bits per heavy atom. The number of rotatable bonds is 4. The Hall–Kier alpha value is -1.94. The molecule has 21 heavy (non-hydrogen) atoms. The maximum atomic E-state index is 12.8. The van der Waals surface area contributed by atoms with Gasteiger partial charge in [0.15, 0.2) is 0 Å². The van der Waals surface area contributed by atoms with Crippen LogP contribution in [0.5, 0.6) is 0 Å². The van der Waals surface area contributed by atoms with E-state index in [1.807, 2.05) is 11.4 Å². The molecule has 0 saturated carbocycles. The first-order valence-corrected chi connectivity index (χ1v) is 6.88. The normalized spacial score (nSPS) is 9.71. The first kappa shape index (κ1) is 17.1. The Morgan fingerprint density at radius 3 is 2.57 bits per heavy atom. The minimum absolute atomic E-state index is 0.232. The Labute approximate surface area is 128 Å². The van der Waals surface area contributed by atoms with Crippen molar-refractivity contribution in [2.75, 3.05) is 14.2 Å². The lowest BCUT2D eigenvalue weighted by Gasteiger charge is -2.15. The van der Waals surface area contributed by atoms with Crippen LogP contribution in [0.4, 0.5) is 4.39 Å². The van der Waals surface area contributed by atoms with Gasteiger partial charge in [0.2, 0.25) is 0 Å². The van der Waals surface area contributed by atoms with Gasteiger partial charge in [-0.2, -0.15) is 5.26 Å². The van der Waals surface area contributed by atoms with E-state index in [9.17, 15) is 4.39 Å². The fraction of sp³-hybridized carbons (Fsp3) is 0.200. The summed E-state index contributed by atoms with van der Waals surface area (Å²) in [5.41, 5.74) is 1.57. The smallest absolute Gasteiger partial charge is 0.123 e. The van der Waals surface area contributed by atoms with Crippen molar-refractivity contribution < 1.29 is 9.50 Å². The van der Waals surface area contributed by atoms with Crippen molar-refractivity contribution in [1.82, 2.24) is 9.29 Å². The molecule has 0 saturated heterocycles. The molecule has 0 aliphatic rings. The van der Waals surface area contributed by atoms with E-state index in [0.717, 1.165) is 17.6 Å². The molecule has 4 nitrogen and oxygen atoms in total. The van der Waals surface area contributed by atoms with E-state index >= 15 is 0 Å². The van der Waals surface area contributed by atoms with Crippen molar-refractivity contribution >= 4 is 11.9 Å². The van der Waals surface area contributed by atoms with Gasteiger partial charge in [-0.15, -0.1) is 0 Å². The van der Waals surface area contributed by atoms with Crippen molar-refractivity contribution in [2.45, 2.75) is 11.4 Å².